The molecule has 3 amide bonds. The van der Waals surface area contributed by atoms with E-state index in [1.54, 1.807) is 67.9 Å². The van der Waals surface area contributed by atoms with Gasteiger partial charge in [0.1, 0.15) is 44.6 Å². The number of nitrogens with zero attached hydrogens (tertiary/aromatic N) is 1. The van der Waals surface area contributed by atoms with E-state index in [4.69, 9.17) is 40.3 Å². The van der Waals surface area contributed by atoms with Gasteiger partial charge in [0.2, 0.25) is 0 Å². The fraction of sp³-hybridized carbons (Fsp3) is 0.595. The Morgan fingerprint density at radius 1 is 0.947 bits per heavy atom. The molecule has 2 aliphatic carbocycles. The number of thiocarbonyl (C=S) groups is 1. The number of carbonyl (C=O) groups is 4. The first-order chi connectivity index (χ1) is 26.9. The molecule has 312 valence electrons. The van der Waals surface area contributed by atoms with Crippen LogP contribution in [0.15, 0.2) is 33.6 Å². The zero-order chi connectivity index (χ0) is 41.5. The molecule has 5 rings (SSSR count). The van der Waals surface area contributed by atoms with Crippen molar-refractivity contribution < 1.29 is 47.3 Å². The average Bonchev–Trinajstić information content (AvgIpc) is 3.92. The van der Waals surface area contributed by atoms with Crippen molar-refractivity contribution in [2.24, 2.45) is 11.8 Å². The highest BCUT2D eigenvalue weighted by Gasteiger charge is 2.48. The van der Waals surface area contributed by atoms with E-state index in [9.17, 15) is 19.2 Å². The number of aryl methyl sites for hydroxylation is 1. The first-order valence-electron chi connectivity index (χ1n) is 19.7. The number of carbonyl (C=O) groups excluding carboxylic acids is 4. The van der Waals surface area contributed by atoms with E-state index in [0.717, 1.165) is 30.4 Å². The highest BCUT2D eigenvalue weighted by atomic mass is 32.2. The third-order valence-corrected chi connectivity index (χ3v) is 11.3. The largest absolute Gasteiger partial charge is 0.497 e. The number of hydrogen-bond donors (Lipinski definition) is 2. The van der Waals surface area contributed by atoms with Gasteiger partial charge in [-0.05, 0) is 129 Å². The zero-order valence-electron chi connectivity index (χ0n) is 34.3. The van der Waals surface area contributed by atoms with Gasteiger partial charge in [0.15, 0.2) is 0 Å². The second kappa shape index (κ2) is 19.0. The number of furan rings is 1. The quantitative estimate of drug-likeness (QED) is 0.0549. The molecule has 2 bridgehead atoms. The molecule has 13 nitrogen and oxygen atoms in total. The Morgan fingerprint density at radius 3 is 2.25 bits per heavy atom. The number of esters is 1. The van der Waals surface area contributed by atoms with Crippen LogP contribution in [-0.2, 0) is 30.2 Å². The van der Waals surface area contributed by atoms with Gasteiger partial charge in [-0.15, -0.1) is 0 Å². The number of unbranched alkanes of at least 4 members (excludes halogenated alkanes) is 1. The lowest BCUT2D eigenvalue weighted by Gasteiger charge is -2.30. The van der Waals surface area contributed by atoms with E-state index in [2.05, 4.69) is 10.6 Å². The summed E-state index contributed by atoms with van der Waals surface area (Å²) in [4.78, 5) is 54.2. The number of methoxy groups -OCH3 is 2. The Labute approximate surface area is 345 Å². The summed E-state index contributed by atoms with van der Waals surface area (Å²) >= 11 is 7.05. The minimum Gasteiger partial charge on any atom is -0.497 e. The van der Waals surface area contributed by atoms with Crippen molar-refractivity contribution in [3.63, 3.8) is 0 Å². The van der Waals surface area contributed by atoms with Crippen LogP contribution < -0.4 is 20.1 Å². The lowest BCUT2D eigenvalue weighted by atomic mass is 9.94. The van der Waals surface area contributed by atoms with Gasteiger partial charge in [0, 0.05) is 30.3 Å². The van der Waals surface area contributed by atoms with Crippen LogP contribution in [0.5, 0.6) is 11.5 Å². The molecule has 1 saturated heterocycles. The van der Waals surface area contributed by atoms with Gasteiger partial charge in [-0.1, -0.05) is 30.4 Å². The molecule has 0 radical (unpaired) electrons. The van der Waals surface area contributed by atoms with Crippen LogP contribution >= 0.6 is 24.0 Å². The van der Waals surface area contributed by atoms with Crippen LogP contribution in [0, 0.1) is 11.8 Å². The monoisotopic (exact) mass is 827 g/mol. The van der Waals surface area contributed by atoms with Crippen LogP contribution in [0.25, 0.3) is 17.4 Å². The predicted molar refractivity (Wildman–Crippen MR) is 222 cm³/mol. The highest BCUT2D eigenvalue weighted by molar-refractivity contribution is 8.26. The van der Waals surface area contributed by atoms with Gasteiger partial charge in [0.05, 0.1) is 25.7 Å². The summed E-state index contributed by atoms with van der Waals surface area (Å²) < 4.78 is 34.4. The van der Waals surface area contributed by atoms with Crippen LogP contribution in [-0.4, -0.2) is 83.9 Å². The number of benzene rings is 1. The summed E-state index contributed by atoms with van der Waals surface area (Å²) in [5.41, 5.74) is 0.167. The summed E-state index contributed by atoms with van der Waals surface area (Å²) in [7, 11) is 3.16. The van der Waals surface area contributed by atoms with E-state index >= 15 is 0 Å². The number of ether oxygens (including phenoxy) is 5. The lowest BCUT2D eigenvalue weighted by Crippen LogP contribution is -2.44. The normalized spacial score (nSPS) is 20.5. The van der Waals surface area contributed by atoms with Crippen molar-refractivity contribution in [2.45, 2.75) is 123 Å². The molecule has 57 heavy (non-hydrogen) atoms. The first-order valence-corrected chi connectivity index (χ1v) is 20.9. The molecule has 2 heterocycles. The second-order valence-electron chi connectivity index (χ2n) is 16.8. The third kappa shape index (κ3) is 12.4. The molecule has 3 fully saturated rings. The van der Waals surface area contributed by atoms with Crippen LogP contribution in [0.4, 0.5) is 9.59 Å². The molecule has 2 N–H and O–H groups in total. The maximum Gasteiger partial charge on any atom is 0.408 e. The van der Waals surface area contributed by atoms with Crippen LogP contribution in [0.3, 0.4) is 0 Å². The zero-order valence-corrected chi connectivity index (χ0v) is 36.0. The van der Waals surface area contributed by atoms with Gasteiger partial charge in [-0.2, -0.15) is 0 Å². The van der Waals surface area contributed by atoms with Gasteiger partial charge < -0.3 is 38.7 Å². The molecular formula is C42H57N3O10S2. The fourth-order valence-corrected chi connectivity index (χ4v) is 8.82. The topological polar surface area (TPSA) is 155 Å². The van der Waals surface area contributed by atoms with E-state index in [1.807, 2.05) is 23.1 Å². The van der Waals surface area contributed by atoms with Crippen molar-refractivity contribution in [1.29, 1.82) is 0 Å². The Balaban J connectivity index is 1.26. The van der Waals surface area contributed by atoms with Crippen molar-refractivity contribution in [2.75, 3.05) is 27.4 Å². The van der Waals surface area contributed by atoms with Crippen LogP contribution in [0.2, 0.25) is 0 Å². The molecule has 1 aliphatic heterocycles. The molecule has 15 heteroatoms. The third-order valence-electron chi connectivity index (χ3n) is 9.99. The molecule has 0 spiro atoms. The number of thioether (sulfide) groups is 1. The van der Waals surface area contributed by atoms with Gasteiger partial charge in [-0.25, -0.2) is 14.4 Å². The molecule has 3 unspecified atom stereocenters. The van der Waals surface area contributed by atoms with Gasteiger partial charge in [-0.3, -0.25) is 9.69 Å². The van der Waals surface area contributed by atoms with Crippen molar-refractivity contribution in [3.8, 4) is 22.8 Å². The van der Waals surface area contributed by atoms with Crippen LogP contribution in [0.1, 0.15) is 104 Å². The number of rotatable bonds is 16. The molecule has 1 aromatic carbocycles. The summed E-state index contributed by atoms with van der Waals surface area (Å²) in [6.45, 7) is 11.0. The maximum absolute atomic E-state index is 13.8. The minimum atomic E-state index is -0.961. The molecule has 4 atom stereocenters. The summed E-state index contributed by atoms with van der Waals surface area (Å²) in [5, 5.41) is 5.36. The SMILES string of the molecule is COc1cc(OC)cc(-c2cc(CCCOC(=O)[C@H](CCCCNC(=O)OC(C)(C)C)NC(=O)OC(C)(C)C)c(/C=C3\SC(=S)N(C4CC5CCC4C5)C3=O)o2)c1. The van der Waals surface area contributed by atoms with E-state index in [1.165, 1.54) is 18.2 Å². The van der Waals surface area contributed by atoms with E-state index < -0.39 is 35.4 Å². The number of amides is 3. The van der Waals surface area contributed by atoms with Crippen molar-refractivity contribution >= 4 is 58.4 Å². The first kappa shape index (κ1) is 43.9. The maximum atomic E-state index is 13.8. The predicted octanol–water partition coefficient (Wildman–Crippen LogP) is 8.42. The smallest absolute Gasteiger partial charge is 0.408 e. The number of hydrogen-bond acceptors (Lipinski definition) is 12. The summed E-state index contributed by atoms with van der Waals surface area (Å²) in [5.74, 6) is 2.72. The minimum absolute atomic E-state index is 0.0603. The highest BCUT2D eigenvalue weighted by Crippen LogP contribution is 2.49. The van der Waals surface area contributed by atoms with E-state index in [-0.39, 0.29) is 25.0 Å². The second-order valence-corrected chi connectivity index (χ2v) is 18.5. The number of nitrogens with one attached hydrogen (secondary N) is 2. The molecular weight excluding hydrogens is 771 g/mol. The van der Waals surface area contributed by atoms with Gasteiger partial charge in [0.25, 0.3) is 5.91 Å². The van der Waals surface area contributed by atoms with Crippen molar-refractivity contribution in [1.82, 2.24) is 15.5 Å². The standard InChI is InChI=1S/C42H57N3O10S2/c1-41(2,3)54-38(48)43-16-10-9-13-31(44-39(49)55-42(4,5)6)37(47)52-17-11-12-27-22-33(28-20-29(50-7)23-30(21-28)51-8)53-34(27)24-35-36(46)45(40(56)57-35)32-19-25-14-15-26(32)18-25/h20-26,31-32H,9-19H2,1-8H3,(H,43,48)(H,44,49)/b35-24-/t25?,26?,31-,32?/m0/s1. The average molecular weight is 828 g/mol. The number of alkyl carbamates (subject to hydrolysis) is 2. The summed E-state index contributed by atoms with van der Waals surface area (Å²) in [6.07, 6.45) is 7.25. The molecule has 1 aromatic heterocycles. The van der Waals surface area contributed by atoms with Gasteiger partial charge >= 0.3 is 18.2 Å². The Morgan fingerprint density at radius 2 is 1.63 bits per heavy atom. The molecule has 2 aromatic rings. The van der Waals surface area contributed by atoms with Crippen molar-refractivity contribution in [3.05, 3.63) is 40.5 Å². The Kier molecular flexibility index (Phi) is 14.6. The molecule has 2 saturated carbocycles. The van der Waals surface area contributed by atoms with E-state index in [0.29, 0.717) is 76.3 Å². The Bertz CT molecular complexity index is 1810. The Hall–Kier alpha value is -4.24. The molecule has 3 aliphatic rings. The number of fused-ring (bicyclic) bond motifs is 2. The summed E-state index contributed by atoms with van der Waals surface area (Å²) in [6, 6.07) is 6.56. The fourth-order valence-electron chi connectivity index (χ4n) is 7.48. The lowest BCUT2D eigenvalue weighted by molar-refractivity contribution is -0.146.